The number of hydrogen-bond acceptors (Lipinski definition) is 3. The summed E-state index contributed by atoms with van der Waals surface area (Å²) in [6.07, 6.45) is 0. The number of hydrogen-bond donors (Lipinski definition) is 2. The molecule has 0 radical (unpaired) electrons. The van der Waals surface area contributed by atoms with Crippen LogP contribution in [0.15, 0.2) is 24.3 Å². The number of carbonyl (C=O) groups is 1. The van der Waals surface area contributed by atoms with E-state index in [1.807, 2.05) is 24.3 Å². The first kappa shape index (κ1) is 12.6. The zero-order valence-electron chi connectivity index (χ0n) is 10.1. The highest BCUT2D eigenvalue weighted by Gasteiger charge is 2.16. The van der Waals surface area contributed by atoms with Crippen LogP contribution in [0.3, 0.4) is 0 Å². The molecule has 0 unspecified atom stereocenters. The molecule has 0 atom stereocenters. The van der Waals surface area contributed by atoms with Crippen LogP contribution in [-0.2, 0) is 11.3 Å². The van der Waals surface area contributed by atoms with Crippen molar-refractivity contribution in [2.24, 2.45) is 0 Å². The minimum atomic E-state index is -0.138. The SMILES string of the molecule is O=C1CN(Cc2ccccc2C#CCO)CCN1. The quantitative estimate of drug-likeness (QED) is 0.718. The van der Waals surface area contributed by atoms with E-state index in [1.165, 1.54) is 0 Å². The van der Waals surface area contributed by atoms with Crippen molar-refractivity contribution in [3.05, 3.63) is 35.4 Å². The molecule has 1 heterocycles. The van der Waals surface area contributed by atoms with Gasteiger partial charge in [0.05, 0.1) is 6.54 Å². The Hall–Kier alpha value is -1.83. The van der Waals surface area contributed by atoms with Crippen molar-refractivity contribution in [2.45, 2.75) is 6.54 Å². The second-order valence-corrected chi connectivity index (χ2v) is 4.18. The Bertz CT molecular complexity index is 488. The third-order valence-corrected chi connectivity index (χ3v) is 2.83. The van der Waals surface area contributed by atoms with Crippen LogP contribution in [0.2, 0.25) is 0 Å². The van der Waals surface area contributed by atoms with Crippen molar-refractivity contribution in [3.63, 3.8) is 0 Å². The molecule has 4 nitrogen and oxygen atoms in total. The highest BCUT2D eigenvalue weighted by Crippen LogP contribution is 2.11. The van der Waals surface area contributed by atoms with Crippen LogP contribution in [0, 0.1) is 11.8 Å². The third-order valence-electron chi connectivity index (χ3n) is 2.83. The molecule has 0 aliphatic carbocycles. The number of nitrogens with zero attached hydrogens (tertiary/aromatic N) is 1. The normalized spacial score (nSPS) is 15.7. The first-order valence-corrected chi connectivity index (χ1v) is 5.96. The van der Waals surface area contributed by atoms with Crippen LogP contribution >= 0.6 is 0 Å². The van der Waals surface area contributed by atoms with E-state index in [1.54, 1.807) is 0 Å². The summed E-state index contributed by atoms with van der Waals surface area (Å²) < 4.78 is 0. The second-order valence-electron chi connectivity index (χ2n) is 4.18. The fourth-order valence-electron chi connectivity index (χ4n) is 1.98. The van der Waals surface area contributed by atoms with Crippen molar-refractivity contribution < 1.29 is 9.90 Å². The van der Waals surface area contributed by atoms with Gasteiger partial charge in [0.1, 0.15) is 6.61 Å². The predicted octanol–water partition coefficient (Wildman–Crippen LogP) is -0.0378. The summed E-state index contributed by atoms with van der Waals surface area (Å²) in [4.78, 5) is 13.4. The fraction of sp³-hybridized carbons (Fsp3) is 0.357. The Balaban J connectivity index is 2.10. The number of benzene rings is 1. The van der Waals surface area contributed by atoms with Gasteiger partial charge < -0.3 is 10.4 Å². The van der Waals surface area contributed by atoms with Crippen molar-refractivity contribution in [1.82, 2.24) is 10.2 Å². The number of amides is 1. The number of aliphatic hydroxyl groups excluding tert-OH is 1. The number of rotatable bonds is 2. The van der Waals surface area contributed by atoms with Gasteiger partial charge in [-0.3, -0.25) is 9.69 Å². The lowest BCUT2D eigenvalue weighted by Crippen LogP contribution is -2.47. The van der Waals surface area contributed by atoms with Crippen LogP contribution in [0.4, 0.5) is 0 Å². The summed E-state index contributed by atoms with van der Waals surface area (Å²) in [6, 6.07) is 7.83. The molecule has 0 saturated carbocycles. The van der Waals surface area contributed by atoms with E-state index in [9.17, 15) is 4.79 Å². The number of piperazine rings is 1. The molecule has 94 valence electrons. The molecule has 4 heteroatoms. The molecule has 1 aromatic carbocycles. The maximum atomic E-state index is 11.3. The summed E-state index contributed by atoms with van der Waals surface area (Å²) in [5, 5.41) is 11.5. The number of carbonyl (C=O) groups excluding carboxylic acids is 1. The summed E-state index contributed by atoms with van der Waals surface area (Å²) in [5.74, 6) is 5.66. The van der Waals surface area contributed by atoms with Crippen molar-refractivity contribution in [1.29, 1.82) is 0 Å². The van der Waals surface area contributed by atoms with E-state index in [2.05, 4.69) is 22.1 Å². The van der Waals surface area contributed by atoms with E-state index in [4.69, 9.17) is 5.11 Å². The van der Waals surface area contributed by atoms with Gasteiger partial charge in [-0.25, -0.2) is 0 Å². The summed E-state index contributed by atoms with van der Waals surface area (Å²) >= 11 is 0. The van der Waals surface area contributed by atoms with Crippen molar-refractivity contribution in [2.75, 3.05) is 26.2 Å². The summed E-state index contributed by atoms with van der Waals surface area (Å²) in [7, 11) is 0. The maximum absolute atomic E-state index is 11.3. The molecule has 2 N–H and O–H groups in total. The number of nitrogens with one attached hydrogen (secondary N) is 1. The van der Waals surface area contributed by atoms with Crippen LogP contribution in [0.1, 0.15) is 11.1 Å². The molecule has 1 saturated heterocycles. The highest BCUT2D eigenvalue weighted by atomic mass is 16.2. The summed E-state index contributed by atoms with van der Waals surface area (Å²) in [5.41, 5.74) is 2.01. The molecule has 1 fully saturated rings. The Morgan fingerprint density at radius 2 is 2.22 bits per heavy atom. The molecule has 2 rings (SSSR count). The van der Waals surface area contributed by atoms with Gasteiger partial charge in [0.25, 0.3) is 0 Å². The maximum Gasteiger partial charge on any atom is 0.234 e. The van der Waals surface area contributed by atoms with Gasteiger partial charge in [-0.05, 0) is 11.6 Å². The molecule has 1 aliphatic heterocycles. The van der Waals surface area contributed by atoms with E-state index in [0.717, 1.165) is 17.7 Å². The molecule has 0 bridgehead atoms. The molecule has 1 aromatic rings. The minimum absolute atomic E-state index is 0.0696. The molecule has 1 amide bonds. The lowest BCUT2D eigenvalue weighted by molar-refractivity contribution is -0.124. The second kappa shape index (κ2) is 6.20. The fourth-order valence-corrected chi connectivity index (χ4v) is 1.98. The molecule has 0 aromatic heterocycles. The Kier molecular flexibility index (Phi) is 4.35. The monoisotopic (exact) mass is 244 g/mol. The average Bonchev–Trinajstić information content (AvgIpc) is 2.38. The van der Waals surface area contributed by atoms with Crippen LogP contribution in [-0.4, -0.2) is 42.2 Å². The standard InChI is InChI=1S/C14H16N2O2/c17-9-3-6-12-4-1-2-5-13(12)10-16-8-7-15-14(18)11-16/h1-2,4-5,17H,7-11H2,(H,15,18). The molecule has 0 spiro atoms. The predicted molar refractivity (Wildman–Crippen MR) is 68.7 cm³/mol. The van der Waals surface area contributed by atoms with Crippen molar-refractivity contribution in [3.8, 4) is 11.8 Å². The Morgan fingerprint density at radius 3 is 3.00 bits per heavy atom. The van der Waals surface area contributed by atoms with Gasteiger partial charge >= 0.3 is 0 Å². The van der Waals surface area contributed by atoms with E-state index < -0.39 is 0 Å². The van der Waals surface area contributed by atoms with Gasteiger partial charge in [0.15, 0.2) is 0 Å². The zero-order valence-corrected chi connectivity index (χ0v) is 10.1. The van der Waals surface area contributed by atoms with Crippen LogP contribution < -0.4 is 5.32 Å². The van der Waals surface area contributed by atoms with Gasteiger partial charge in [0.2, 0.25) is 5.91 Å². The lowest BCUT2D eigenvalue weighted by Gasteiger charge is -2.26. The number of aliphatic hydroxyl groups is 1. The van der Waals surface area contributed by atoms with Crippen molar-refractivity contribution >= 4 is 5.91 Å². The van der Waals surface area contributed by atoms with Gasteiger partial charge in [-0.2, -0.15) is 0 Å². The first-order chi connectivity index (χ1) is 8.79. The third kappa shape index (κ3) is 3.33. The first-order valence-electron chi connectivity index (χ1n) is 5.96. The highest BCUT2D eigenvalue weighted by molar-refractivity contribution is 5.78. The average molecular weight is 244 g/mol. The Labute approximate surface area is 107 Å². The van der Waals surface area contributed by atoms with Crippen LogP contribution in [0.25, 0.3) is 0 Å². The zero-order chi connectivity index (χ0) is 12.8. The van der Waals surface area contributed by atoms with Gasteiger partial charge in [0, 0.05) is 25.2 Å². The molecule has 1 aliphatic rings. The van der Waals surface area contributed by atoms with Crippen LogP contribution in [0.5, 0.6) is 0 Å². The Morgan fingerprint density at radius 1 is 1.39 bits per heavy atom. The van der Waals surface area contributed by atoms with Gasteiger partial charge in [-0.1, -0.05) is 30.0 Å². The lowest BCUT2D eigenvalue weighted by atomic mass is 10.1. The van der Waals surface area contributed by atoms with E-state index in [0.29, 0.717) is 19.6 Å². The van der Waals surface area contributed by atoms with E-state index >= 15 is 0 Å². The smallest absolute Gasteiger partial charge is 0.234 e. The van der Waals surface area contributed by atoms with E-state index in [-0.39, 0.29) is 12.5 Å². The summed E-state index contributed by atoms with van der Waals surface area (Å²) in [6.45, 7) is 2.56. The molecule has 18 heavy (non-hydrogen) atoms. The topological polar surface area (TPSA) is 52.6 Å². The largest absolute Gasteiger partial charge is 0.384 e. The molecular weight excluding hydrogens is 228 g/mol. The van der Waals surface area contributed by atoms with Gasteiger partial charge in [-0.15, -0.1) is 0 Å². The minimum Gasteiger partial charge on any atom is -0.384 e. The molecular formula is C14H16N2O2.